The molecule has 7 heteroatoms. The number of thioether (sulfide) groups is 1. The zero-order chi connectivity index (χ0) is 15.2. The molecule has 1 amide bonds. The summed E-state index contributed by atoms with van der Waals surface area (Å²) in [6.07, 6.45) is 0. The Hall–Kier alpha value is -1.86. The first-order valence-corrected chi connectivity index (χ1v) is 8.15. The monoisotopic (exact) mass is 322 g/mol. The van der Waals surface area contributed by atoms with Gasteiger partial charge >= 0.3 is 5.97 Å². The van der Waals surface area contributed by atoms with Crippen molar-refractivity contribution in [3.8, 4) is 11.3 Å². The molecule has 2 aromatic rings. The predicted molar refractivity (Wildman–Crippen MR) is 85.9 cm³/mol. The maximum absolute atomic E-state index is 11.7. The van der Waals surface area contributed by atoms with Gasteiger partial charge in [-0.05, 0) is 6.92 Å². The lowest BCUT2D eigenvalue weighted by atomic mass is 10.1. The summed E-state index contributed by atoms with van der Waals surface area (Å²) < 4.78 is 0. The number of amides is 1. The topological polar surface area (TPSA) is 79.3 Å². The number of rotatable bonds is 6. The van der Waals surface area contributed by atoms with Crippen molar-refractivity contribution in [2.75, 3.05) is 16.8 Å². The molecule has 0 atom stereocenters. The highest BCUT2D eigenvalue weighted by Crippen LogP contribution is 2.30. The predicted octanol–water partition coefficient (Wildman–Crippen LogP) is 2.87. The van der Waals surface area contributed by atoms with Crippen LogP contribution < -0.4 is 5.32 Å². The van der Waals surface area contributed by atoms with Crippen LogP contribution in [0.25, 0.3) is 11.3 Å². The molecule has 0 spiro atoms. The van der Waals surface area contributed by atoms with Crippen LogP contribution in [0.2, 0.25) is 0 Å². The number of aliphatic carboxylic acids is 1. The highest BCUT2D eigenvalue weighted by atomic mass is 32.2. The number of carbonyl (C=O) groups is 2. The molecule has 5 nitrogen and oxygen atoms in total. The maximum atomic E-state index is 11.7. The van der Waals surface area contributed by atoms with Crippen molar-refractivity contribution in [3.05, 3.63) is 35.2 Å². The average molecular weight is 322 g/mol. The van der Waals surface area contributed by atoms with E-state index >= 15 is 0 Å². The van der Waals surface area contributed by atoms with E-state index in [-0.39, 0.29) is 17.4 Å². The Morgan fingerprint density at radius 3 is 2.67 bits per heavy atom. The van der Waals surface area contributed by atoms with Crippen LogP contribution >= 0.6 is 23.1 Å². The number of aromatic nitrogens is 1. The fraction of sp³-hybridized carbons (Fsp3) is 0.214. The first-order chi connectivity index (χ1) is 10.1. The molecule has 0 saturated carbocycles. The summed E-state index contributed by atoms with van der Waals surface area (Å²) >= 11 is 2.47. The number of thiazole rings is 1. The van der Waals surface area contributed by atoms with Crippen LogP contribution in [0, 0.1) is 6.92 Å². The summed E-state index contributed by atoms with van der Waals surface area (Å²) in [5.41, 5.74) is 1.86. The van der Waals surface area contributed by atoms with Gasteiger partial charge in [-0.1, -0.05) is 30.3 Å². The minimum Gasteiger partial charge on any atom is -0.481 e. The summed E-state index contributed by atoms with van der Waals surface area (Å²) in [5.74, 6) is -1.15. The van der Waals surface area contributed by atoms with Crippen LogP contribution in [0.5, 0.6) is 0 Å². The second-order valence-electron chi connectivity index (χ2n) is 4.22. The third kappa shape index (κ3) is 4.57. The number of hydrogen-bond acceptors (Lipinski definition) is 5. The maximum Gasteiger partial charge on any atom is 0.313 e. The summed E-state index contributed by atoms with van der Waals surface area (Å²) in [4.78, 5) is 27.5. The quantitative estimate of drug-likeness (QED) is 0.855. The highest BCUT2D eigenvalue weighted by Gasteiger charge is 2.12. The number of benzene rings is 1. The Morgan fingerprint density at radius 2 is 2.00 bits per heavy atom. The van der Waals surface area contributed by atoms with Crippen molar-refractivity contribution < 1.29 is 14.7 Å². The number of carbonyl (C=O) groups excluding carboxylic acids is 1. The van der Waals surface area contributed by atoms with Gasteiger partial charge in [0.1, 0.15) is 0 Å². The van der Waals surface area contributed by atoms with E-state index in [1.165, 1.54) is 11.3 Å². The van der Waals surface area contributed by atoms with Crippen LogP contribution in [-0.4, -0.2) is 33.5 Å². The Morgan fingerprint density at radius 1 is 1.29 bits per heavy atom. The molecule has 2 N–H and O–H groups in total. The summed E-state index contributed by atoms with van der Waals surface area (Å²) in [5, 5.41) is 11.8. The van der Waals surface area contributed by atoms with Gasteiger partial charge in [0, 0.05) is 10.4 Å². The number of anilines is 1. The zero-order valence-electron chi connectivity index (χ0n) is 11.3. The van der Waals surface area contributed by atoms with Crippen molar-refractivity contribution in [3.63, 3.8) is 0 Å². The molecule has 0 aliphatic heterocycles. The molecule has 0 bridgehead atoms. The first kappa shape index (κ1) is 15.5. The first-order valence-electron chi connectivity index (χ1n) is 6.18. The number of carboxylic acids is 1. The van der Waals surface area contributed by atoms with E-state index in [4.69, 9.17) is 5.11 Å². The molecule has 0 fully saturated rings. The van der Waals surface area contributed by atoms with Crippen LogP contribution in [0.1, 0.15) is 4.88 Å². The van der Waals surface area contributed by atoms with Gasteiger partial charge in [-0.2, -0.15) is 0 Å². The summed E-state index contributed by atoms with van der Waals surface area (Å²) in [7, 11) is 0. The van der Waals surface area contributed by atoms with Crippen LogP contribution in [0.3, 0.4) is 0 Å². The van der Waals surface area contributed by atoms with E-state index in [9.17, 15) is 9.59 Å². The molecule has 0 saturated heterocycles. The Kier molecular flexibility index (Phi) is 5.35. The van der Waals surface area contributed by atoms with E-state index in [1.807, 2.05) is 37.3 Å². The van der Waals surface area contributed by atoms with Crippen molar-refractivity contribution in [1.82, 2.24) is 4.98 Å². The molecule has 1 heterocycles. The van der Waals surface area contributed by atoms with Gasteiger partial charge < -0.3 is 10.4 Å². The van der Waals surface area contributed by atoms with Gasteiger partial charge in [0.15, 0.2) is 5.13 Å². The minimum absolute atomic E-state index is 0.0837. The van der Waals surface area contributed by atoms with Crippen LogP contribution in [-0.2, 0) is 9.59 Å². The van der Waals surface area contributed by atoms with Crippen LogP contribution in [0.4, 0.5) is 5.13 Å². The normalized spacial score (nSPS) is 10.3. The molecular weight excluding hydrogens is 308 g/mol. The fourth-order valence-electron chi connectivity index (χ4n) is 1.70. The second kappa shape index (κ2) is 7.24. The van der Waals surface area contributed by atoms with Gasteiger partial charge in [0.2, 0.25) is 5.91 Å². The second-order valence-corrected chi connectivity index (χ2v) is 6.41. The molecule has 21 heavy (non-hydrogen) atoms. The Labute approximate surface area is 130 Å². The number of aryl methyl sites for hydroxylation is 1. The number of nitrogens with zero attached hydrogens (tertiary/aromatic N) is 1. The third-order valence-electron chi connectivity index (χ3n) is 2.55. The average Bonchev–Trinajstić information content (AvgIpc) is 2.80. The molecule has 1 aromatic heterocycles. The molecule has 110 valence electrons. The van der Waals surface area contributed by atoms with Crippen molar-refractivity contribution in [1.29, 1.82) is 0 Å². The largest absolute Gasteiger partial charge is 0.481 e. The van der Waals surface area contributed by atoms with Crippen molar-refractivity contribution in [2.45, 2.75) is 6.92 Å². The van der Waals surface area contributed by atoms with Gasteiger partial charge in [0.05, 0.1) is 17.2 Å². The lowest BCUT2D eigenvalue weighted by Gasteiger charge is -2.00. The zero-order valence-corrected chi connectivity index (χ0v) is 13.0. The Balaban J connectivity index is 1.99. The van der Waals surface area contributed by atoms with Gasteiger partial charge in [-0.15, -0.1) is 23.1 Å². The lowest BCUT2D eigenvalue weighted by molar-refractivity contribution is -0.133. The van der Waals surface area contributed by atoms with E-state index in [0.29, 0.717) is 5.13 Å². The Bertz CT molecular complexity index is 641. The fourth-order valence-corrected chi connectivity index (χ4v) is 3.09. The van der Waals surface area contributed by atoms with Crippen LogP contribution in [0.15, 0.2) is 30.3 Å². The molecule has 1 aromatic carbocycles. The smallest absolute Gasteiger partial charge is 0.313 e. The molecule has 0 aliphatic carbocycles. The SMILES string of the molecule is Cc1sc(NC(=O)CSCC(=O)O)nc1-c1ccccc1. The third-order valence-corrected chi connectivity index (χ3v) is 4.35. The number of carboxylic acid groups (broad SMARTS) is 1. The van der Waals surface area contributed by atoms with E-state index in [1.54, 1.807) is 0 Å². The van der Waals surface area contributed by atoms with Crippen molar-refractivity contribution >= 4 is 40.1 Å². The highest BCUT2D eigenvalue weighted by molar-refractivity contribution is 8.00. The number of nitrogens with one attached hydrogen (secondary N) is 1. The lowest BCUT2D eigenvalue weighted by Crippen LogP contribution is -2.15. The number of hydrogen-bond donors (Lipinski definition) is 2. The summed E-state index contributed by atoms with van der Waals surface area (Å²) in [6, 6.07) is 9.75. The standard InChI is InChI=1S/C14H14N2O3S2/c1-9-13(10-5-3-2-4-6-10)16-14(21-9)15-11(17)7-20-8-12(18)19/h2-6H,7-8H2,1H3,(H,18,19)(H,15,16,17). The van der Waals surface area contributed by atoms with E-state index in [2.05, 4.69) is 10.3 Å². The molecule has 2 rings (SSSR count). The molecule has 0 radical (unpaired) electrons. The van der Waals surface area contributed by atoms with Gasteiger partial charge in [0.25, 0.3) is 0 Å². The summed E-state index contributed by atoms with van der Waals surface area (Å²) in [6.45, 7) is 1.95. The van der Waals surface area contributed by atoms with E-state index in [0.717, 1.165) is 27.9 Å². The molecule has 0 aliphatic rings. The molecule has 0 unspecified atom stereocenters. The molecular formula is C14H14N2O3S2. The van der Waals surface area contributed by atoms with Gasteiger partial charge in [-0.25, -0.2) is 4.98 Å². The van der Waals surface area contributed by atoms with Crippen molar-refractivity contribution in [2.24, 2.45) is 0 Å². The van der Waals surface area contributed by atoms with Gasteiger partial charge in [-0.3, -0.25) is 9.59 Å². The van der Waals surface area contributed by atoms with E-state index < -0.39 is 5.97 Å². The minimum atomic E-state index is -0.927.